The lowest BCUT2D eigenvalue weighted by molar-refractivity contribution is -0.138. The van der Waals surface area contributed by atoms with Gasteiger partial charge in [-0.1, -0.05) is 6.07 Å². The van der Waals surface area contributed by atoms with Crippen LogP contribution in [0.4, 0.5) is 5.69 Å². The van der Waals surface area contributed by atoms with Gasteiger partial charge in [0, 0.05) is 12.0 Å². The topological polar surface area (TPSA) is 72.5 Å². The Labute approximate surface area is 118 Å². The summed E-state index contributed by atoms with van der Waals surface area (Å²) in [6.45, 7) is 3.93. The van der Waals surface area contributed by atoms with Crippen LogP contribution in [0.5, 0.6) is 0 Å². The summed E-state index contributed by atoms with van der Waals surface area (Å²) in [4.78, 5) is 11.7. The predicted molar refractivity (Wildman–Crippen MR) is 78.0 cm³/mol. The van der Waals surface area contributed by atoms with E-state index in [1.807, 2.05) is 13.0 Å². The van der Waals surface area contributed by atoms with E-state index in [1.54, 1.807) is 19.1 Å². The van der Waals surface area contributed by atoms with Gasteiger partial charge >= 0.3 is 5.97 Å². The van der Waals surface area contributed by atoms with Crippen molar-refractivity contribution in [1.29, 1.82) is 0 Å². The molecule has 1 aliphatic carbocycles. The molecule has 0 aliphatic heterocycles. The van der Waals surface area contributed by atoms with Crippen LogP contribution in [0, 0.1) is 6.92 Å². The molecule has 0 saturated heterocycles. The molecule has 0 bridgehead atoms. The van der Waals surface area contributed by atoms with E-state index in [0.717, 1.165) is 22.9 Å². The Bertz CT molecular complexity index is 689. The van der Waals surface area contributed by atoms with Crippen molar-refractivity contribution in [2.24, 2.45) is 0 Å². The molecular weight excluding hydrogens is 278 g/mol. The molecule has 2 rings (SSSR count). The van der Waals surface area contributed by atoms with Crippen LogP contribution in [0.3, 0.4) is 0 Å². The average Bonchev–Trinajstić information content (AvgIpc) is 2.71. The van der Waals surface area contributed by atoms with Crippen LogP contribution in [-0.2, 0) is 26.0 Å². The lowest BCUT2D eigenvalue weighted by atomic mass is 10.0. The van der Waals surface area contributed by atoms with E-state index in [9.17, 15) is 13.2 Å². The molecule has 0 heterocycles. The number of hydrogen-bond acceptors (Lipinski definition) is 4. The maximum absolute atomic E-state index is 11.7. The number of nitrogens with one attached hydrogen (secondary N) is 1. The minimum absolute atomic E-state index is 0.320. The minimum Gasteiger partial charge on any atom is -0.463 e. The fourth-order valence-corrected chi connectivity index (χ4v) is 2.80. The summed E-state index contributed by atoms with van der Waals surface area (Å²) in [5.41, 5.74) is 3.81. The molecule has 1 aromatic carbocycles. The third-order valence-electron chi connectivity index (χ3n) is 3.03. The number of rotatable bonds is 4. The van der Waals surface area contributed by atoms with Gasteiger partial charge in [-0.2, -0.15) is 0 Å². The number of fused-ring (bicyclic) bond motifs is 1. The summed E-state index contributed by atoms with van der Waals surface area (Å²) in [5, 5.41) is 0. The number of anilines is 1. The second-order valence-electron chi connectivity index (χ2n) is 4.81. The van der Waals surface area contributed by atoms with Crippen LogP contribution in [0.25, 0.3) is 6.08 Å². The van der Waals surface area contributed by atoms with Crippen LogP contribution in [0.1, 0.15) is 23.6 Å². The Balaban J connectivity index is 2.32. The van der Waals surface area contributed by atoms with Crippen LogP contribution in [0.2, 0.25) is 0 Å². The fourth-order valence-electron chi connectivity index (χ4n) is 2.18. The zero-order chi connectivity index (χ0) is 14.9. The Kier molecular flexibility index (Phi) is 3.85. The Morgan fingerprint density at radius 2 is 2.10 bits per heavy atom. The monoisotopic (exact) mass is 295 g/mol. The quantitative estimate of drug-likeness (QED) is 0.861. The van der Waals surface area contributed by atoms with Gasteiger partial charge in [0.2, 0.25) is 10.0 Å². The highest BCUT2D eigenvalue weighted by atomic mass is 32.2. The molecule has 0 spiro atoms. The first-order valence-corrected chi connectivity index (χ1v) is 8.18. The van der Waals surface area contributed by atoms with Gasteiger partial charge in [-0.3, -0.25) is 4.72 Å². The van der Waals surface area contributed by atoms with Crippen molar-refractivity contribution in [1.82, 2.24) is 0 Å². The summed E-state index contributed by atoms with van der Waals surface area (Å²) in [6, 6.07) is 3.64. The number of carbonyl (C=O) groups is 1. The minimum atomic E-state index is -3.32. The first kappa shape index (κ1) is 14.6. The van der Waals surface area contributed by atoms with Gasteiger partial charge in [0.05, 0.1) is 18.6 Å². The zero-order valence-electron chi connectivity index (χ0n) is 11.7. The first-order chi connectivity index (χ1) is 9.30. The van der Waals surface area contributed by atoms with Gasteiger partial charge in [-0.05, 0) is 42.7 Å². The predicted octanol–water partition coefficient (Wildman–Crippen LogP) is 1.87. The highest BCUT2D eigenvalue weighted by molar-refractivity contribution is 7.92. The highest BCUT2D eigenvalue weighted by Gasteiger charge is 2.21. The van der Waals surface area contributed by atoms with Gasteiger partial charge in [0.25, 0.3) is 0 Å². The van der Waals surface area contributed by atoms with Crippen molar-refractivity contribution in [3.05, 3.63) is 34.4 Å². The number of sulfonamides is 1. The molecular formula is C14H17NO4S. The van der Waals surface area contributed by atoms with E-state index in [-0.39, 0.29) is 5.97 Å². The molecule has 0 amide bonds. The molecule has 0 unspecified atom stereocenters. The molecule has 1 aliphatic rings. The van der Waals surface area contributed by atoms with Gasteiger partial charge in [-0.25, -0.2) is 13.2 Å². The van der Waals surface area contributed by atoms with E-state index in [0.29, 0.717) is 24.3 Å². The SMILES string of the molecule is CCOC(=O)C1=Cc2cc(NS(C)(=O)=O)c(C)cc2C1. The van der Waals surface area contributed by atoms with Crippen molar-refractivity contribution in [2.45, 2.75) is 20.3 Å². The molecule has 0 fully saturated rings. The number of hydrogen-bond donors (Lipinski definition) is 1. The standard InChI is InChI=1S/C14H17NO4S/c1-4-19-14(16)12-6-10-5-9(2)13(8-11(10)7-12)15-20(3,17)18/h5,7-8,15H,4,6H2,1-3H3. The number of esters is 1. The van der Waals surface area contributed by atoms with E-state index >= 15 is 0 Å². The van der Waals surface area contributed by atoms with Crippen molar-refractivity contribution in [3.8, 4) is 0 Å². The highest BCUT2D eigenvalue weighted by Crippen LogP contribution is 2.31. The molecule has 6 heteroatoms. The van der Waals surface area contributed by atoms with Crippen LogP contribution < -0.4 is 4.72 Å². The normalized spacial score (nSPS) is 13.7. The summed E-state index contributed by atoms with van der Waals surface area (Å²) < 4.78 is 30.1. The molecule has 108 valence electrons. The maximum Gasteiger partial charge on any atom is 0.334 e. The first-order valence-electron chi connectivity index (χ1n) is 6.29. The van der Waals surface area contributed by atoms with E-state index in [4.69, 9.17) is 4.74 Å². The van der Waals surface area contributed by atoms with Crippen molar-refractivity contribution < 1.29 is 17.9 Å². The number of aryl methyl sites for hydroxylation is 1. The van der Waals surface area contributed by atoms with Crippen molar-refractivity contribution >= 4 is 27.8 Å². The lowest BCUT2D eigenvalue weighted by Crippen LogP contribution is -2.11. The van der Waals surface area contributed by atoms with E-state index in [2.05, 4.69) is 4.72 Å². The van der Waals surface area contributed by atoms with Gasteiger partial charge in [0.15, 0.2) is 0 Å². The maximum atomic E-state index is 11.7. The number of benzene rings is 1. The molecule has 1 N–H and O–H groups in total. The second-order valence-corrected chi connectivity index (χ2v) is 6.56. The van der Waals surface area contributed by atoms with Crippen molar-refractivity contribution in [2.75, 3.05) is 17.6 Å². The summed E-state index contributed by atoms with van der Waals surface area (Å²) in [7, 11) is -3.32. The summed E-state index contributed by atoms with van der Waals surface area (Å²) >= 11 is 0. The number of carbonyl (C=O) groups excluding carboxylic acids is 1. The molecule has 20 heavy (non-hydrogen) atoms. The van der Waals surface area contributed by atoms with E-state index < -0.39 is 10.0 Å². The third-order valence-corrected chi connectivity index (χ3v) is 3.62. The molecule has 1 aromatic rings. The smallest absolute Gasteiger partial charge is 0.334 e. The van der Waals surface area contributed by atoms with Gasteiger partial charge < -0.3 is 4.74 Å². The lowest BCUT2D eigenvalue weighted by Gasteiger charge is -2.10. The van der Waals surface area contributed by atoms with Crippen LogP contribution in [0.15, 0.2) is 17.7 Å². The fraction of sp³-hybridized carbons (Fsp3) is 0.357. The summed E-state index contributed by atoms with van der Waals surface area (Å²) in [6.07, 6.45) is 3.38. The zero-order valence-corrected chi connectivity index (χ0v) is 12.5. The largest absolute Gasteiger partial charge is 0.463 e. The molecule has 0 atom stereocenters. The van der Waals surface area contributed by atoms with Gasteiger partial charge in [0.1, 0.15) is 0 Å². The molecule has 5 nitrogen and oxygen atoms in total. The van der Waals surface area contributed by atoms with Crippen molar-refractivity contribution in [3.63, 3.8) is 0 Å². The Morgan fingerprint density at radius 1 is 1.40 bits per heavy atom. The molecule has 0 radical (unpaired) electrons. The average molecular weight is 295 g/mol. The number of ether oxygens (including phenoxy) is 1. The van der Waals surface area contributed by atoms with E-state index in [1.165, 1.54) is 0 Å². The molecule has 0 aromatic heterocycles. The molecule has 0 saturated carbocycles. The van der Waals surface area contributed by atoms with Crippen LogP contribution >= 0.6 is 0 Å². The second kappa shape index (κ2) is 5.28. The van der Waals surface area contributed by atoms with Gasteiger partial charge in [-0.15, -0.1) is 0 Å². The Morgan fingerprint density at radius 3 is 2.70 bits per heavy atom. The third kappa shape index (κ3) is 3.19. The summed E-state index contributed by atoms with van der Waals surface area (Å²) in [5.74, 6) is -0.320. The van der Waals surface area contributed by atoms with Crippen LogP contribution in [-0.4, -0.2) is 27.2 Å². The Hall–Kier alpha value is -1.82.